The fourth-order valence-corrected chi connectivity index (χ4v) is 5.42. The summed E-state index contributed by atoms with van der Waals surface area (Å²) in [4.78, 5) is 20.2. The number of nitriles is 1. The van der Waals surface area contributed by atoms with E-state index in [2.05, 4.69) is 59.2 Å². The van der Waals surface area contributed by atoms with Crippen LogP contribution in [0.25, 0.3) is 0 Å². The van der Waals surface area contributed by atoms with Gasteiger partial charge in [0, 0.05) is 51.4 Å². The number of para-hydroxylation sites is 1. The van der Waals surface area contributed by atoms with Crippen LogP contribution in [0.5, 0.6) is 0 Å². The number of morpholine rings is 1. The van der Waals surface area contributed by atoms with Crippen molar-refractivity contribution in [1.82, 2.24) is 9.80 Å². The van der Waals surface area contributed by atoms with Gasteiger partial charge in [-0.3, -0.25) is 9.69 Å². The number of rotatable bonds is 5. The Labute approximate surface area is 219 Å². The van der Waals surface area contributed by atoms with Crippen molar-refractivity contribution in [3.8, 4) is 6.07 Å². The average Bonchev–Trinajstić information content (AvgIpc) is 2.95. The van der Waals surface area contributed by atoms with Crippen LogP contribution in [0.3, 0.4) is 0 Å². The Bertz CT molecular complexity index is 1290. The van der Waals surface area contributed by atoms with Crippen molar-refractivity contribution in [1.29, 1.82) is 5.26 Å². The number of ether oxygens (including phenoxy) is 1. The van der Waals surface area contributed by atoms with Gasteiger partial charge in [-0.05, 0) is 54.3 Å². The van der Waals surface area contributed by atoms with Gasteiger partial charge in [-0.15, -0.1) is 0 Å². The van der Waals surface area contributed by atoms with E-state index in [-0.39, 0.29) is 12.0 Å². The molecular formula is C31H34N4O2. The predicted molar refractivity (Wildman–Crippen MR) is 146 cm³/mol. The molecule has 1 atom stereocenters. The van der Waals surface area contributed by atoms with Gasteiger partial charge in [0.15, 0.2) is 0 Å². The van der Waals surface area contributed by atoms with Gasteiger partial charge >= 0.3 is 0 Å². The Kier molecular flexibility index (Phi) is 7.55. The lowest BCUT2D eigenvalue weighted by molar-refractivity contribution is -0.0329. The Morgan fingerprint density at radius 3 is 2.43 bits per heavy atom. The molecule has 5 rings (SSSR count). The molecule has 0 N–H and O–H groups in total. The zero-order chi connectivity index (χ0) is 25.8. The number of carbonyl (C=O) groups is 1. The van der Waals surface area contributed by atoms with Crippen LogP contribution < -0.4 is 4.90 Å². The number of hydrogen-bond acceptors (Lipinski definition) is 5. The molecular weight excluding hydrogens is 460 g/mol. The summed E-state index contributed by atoms with van der Waals surface area (Å²) in [7, 11) is 0. The molecule has 6 heteroatoms. The molecule has 3 aromatic rings. The summed E-state index contributed by atoms with van der Waals surface area (Å²) in [6.07, 6.45) is 0.0734. The first-order valence-electron chi connectivity index (χ1n) is 13.1. The maximum Gasteiger partial charge on any atom is 0.254 e. The summed E-state index contributed by atoms with van der Waals surface area (Å²) in [5, 5.41) is 9.46. The lowest BCUT2D eigenvalue weighted by Crippen LogP contribution is -2.49. The third-order valence-electron chi connectivity index (χ3n) is 7.56. The molecule has 2 heterocycles. The summed E-state index contributed by atoms with van der Waals surface area (Å²) < 4.78 is 6.05. The van der Waals surface area contributed by atoms with Crippen LogP contribution in [0.2, 0.25) is 0 Å². The lowest BCUT2D eigenvalue weighted by Gasteiger charge is -2.37. The van der Waals surface area contributed by atoms with E-state index in [4.69, 9.17) is 4.74 Å². The van der Waals surface area contributed by atoms with Gasteiger partial charge in [-0.1, -0.05) is 48.5 Å². The summed E-state index contributed by atoms with van der Waals surface area (Å²) >= 11 is 0. The summed E-state index contributed by atoms with van der Waals surface area (Å²) in [6, 6.07) is 24.6. The molecule has 190 valence electrons. The van der Waals surface area contributed by atoms with Crippen LogP contribution in [-0.2, 0) is 11.3 Å². The zero-order valence-electron chi connectivity index (χ0n) is 21.7. The summed E-state index contributed by atoms with van der Waals surface area (Å²) in [5.41, 5.74) is 7.07. The smallest absolute Gasteiger partial charge is 0.254 e. The highest BCUT2D eigenvalue weighted by atomic mass is 16.5. The molecule has 2 fully saturated rings. The van der Waals surface area contributed by atoms with Crippen LogP contribution in [0, 0.1) is 25.2 Å². The molecule has 2 aliphatic rings. The Morgan fingerprint density at radius 2 is 1.68 bits per heavy atom. The van der Waals surface area contributed by atoms with E-state index in [9.17, 15) is 10.1 Å². The predicted octanol–water partition coefficient (Wildman–Crippen LogP) is 4.71. The minimum Gasteiger partial charge on any atom is -0.371 e. The third kappa shape index (κ3) is 5.53. The van der Waals surface area contributed by atoms with E-state index in [0.29, 0.717) is 25.3 Å². The second-order valence-electron chi connectivity index (χ2n) is 10.0. The third-order valence-corrected chi connectivity index (χ3v) is 7.56. The van der Waals surface area contributed by atoms with Crippen LogP contribution in [0.1, 0.15) is 44.3 Å². The average molecular weight is 495 g/mol. The lowest BCUT2D eigenvalue weighted by atomic mass is 9.98. The summed E-state index contributed by atoms with van der Waals surface area (Å²) in [6.45, 7) is 10.1. The van der Waals surface area contributed by atoms with E-state index >= 15 is 0 Å². The fraction of sp³-hybridized carbons (Fsp3) is 0.355. The van der Waals surface area contributed by atoms with Gasteiger partial charge in [-0.2, -0.15) is 5.26 Å². The number of carbonyl (C=O) groups excluding carboxylic acids is 1. The van der Waals surface area contributed by atoms with E-state index < -0.39 is 0 Å². The number of amides is 1. The van der Waals surface area contributed by atoms with Crippen LogP contribution in [-0.4, -0.2) is 61.6 Å². The molecule has 2 saturated heterocycles. The number of anilines is 1. The Balaban J connectivity index is 1.27. The van der Waals surface area contributed by atoms with Gasteiger partial charge in [0.25, 0.3) is 5.91 Å². The largest absolute Gasteiger partial charge is 0.371 e. The minimum absolute atomic E-state index is 0.0734. The van der Waals surface area contributed by atoms with Crippen molar-refractivity contribution in [2.45, 2.75) is 26.5 Å². The topological polar surface area (TPSA) is 59.8 Å². The molecule has 0 unspecified atom stereocenters. The number of aryl methyl sites for hydroxylation is 2. The van der Waals surface area contributed by atoms with E-state index in [1.165, 1.54) is 16.7 Å². The maximum atomic E-state index is 13.6. The van der Waals surface area contributed by atoms with Crippen molar-refractivity contribution in [2.24, 2.45) is 0 Å². The van der Waals surface area contributed by atoms with E-state index in [1.54, 1.807) is 0 Å². The molecule has 0 bridgehead atoms. The molecule has 2 aliphatic heterocycles. The highest BCUT2D eigenvalue weighted by molar-refractivity contribution is 5.96. The molecule has 6 nitrogen and oxygen atoms in total. The molecule has 0 saturated carbocycles. The van der Waals surface area contributed by atoms with Crippen molar-refractivity contribution in [2.75, 3.05) is 50.8 Å². The maximum absolute atomic E-state index is 13.6. The zero-order valence-corrected chi connectivity index (χ0v) is 21.7. The quantitative estimate of drug-likeness (QED) is 0.514. The van der Waals surface area contributed by atoms with Crippen molar-refractivity contribution in [3.05, 3.63) is 100 Å². The second-order valence-corrected chi connectivity index (χ2v) is 10.0. The number of benzene rings is 3. The summed E-state index contributed by atoms with van der Waals surface area (Å²) in [5.74, 6) is 0.0936. The van der Waals surface area contributed by atoms with Crippen molar-refractivity contribution >= 4 is 11.6 Å². The number of hydrogen-bond donors (Lipinski definition) is 0. The highest BCUT2D eigenvalue weighted by Crippen LogP contribution is 2.26. The fourth-order valence-electron chi connectivity index (χ4n) is 5.42. The minimum atomic E-state index is 0.0734. The second kappa shape index (κ2) is 11.2. The molecule has 0 aromatic heterocycles. The molecule has 3 aromatic carbocycles. The van der Waals surface area contributed by atoms with Crippen molar-refractivity contribution < 1.29 is 9.53 Å². The van der Waals surface area contributed by atoms with Crippen LogP contribution >= 0.6 is 0 Å². The monoisotopic (exact) mass is 494 g/mol. The van der Waals surface area contributed by atoms with Crippen LogP contribution in [0.15, 0.2) is 66.7 Å². The first-order valence-corrected chi connectivity index (χ1v) is 13.1. The van der Waals surface area contributed by atoms with E-state index in [0.717, 1.165) is 49.5 Å². The number of piperazine rings is 1. The van der Waals surface area contributed by atoms with Gasteiger partial charge in [0.1, 0.15) is 6.07 Å². The Hall–Kier alpha value is -3.66. The van der Waals surface area contributed by atoms with Gasteiger partial charge in [0.05, 0.1) is 24.0 Å². The Morgan fingerprint density at radius 1 is 0.946 bits per heavy atom. The first-order chi connectivity index (χ1) is 18.0. The molecule has 0 spiro atoms. The SMILES string of the molecule is Cc1cc(C)c(C(=O)N2CCN(c3ccccc3C#N)CC2)cc1CN1CCO[C@@H](c2ccccc2)C1. The molecule has 37 heavy (non-hydrogen) atoms. The molecule has 1 amide bonds. The molecule has 0 aliphatic carbocycles. The van der Waals surface area contributed by atoms with Gasteiger partial charge in [-0.25, -0.2) is 0 Å². The standard InChI is InChI=1S/C31H34N4O2/c1-23-18-24(2)28(19-27(23)21-33-16-17-37-30(22-33)25-8-4-3-5-9-25)31(36)35-14-12-34(13-15-35)29-11-7-6-10-26(29)20-32/h3-11,18-19,30H,12-17,21-22H2,1-2H3/t30-/m1/s1. The first kappa shape index (κ1) is 25.0. The van der Waals surface area contributed by atoms with Gasteiger partial charge < -0.3 is 14.5 Å². The van der Waals surface area contributed by atoms with E-state index in [1.807, 2.05) is 42.2 Å². The highest BCUT2D eigenvalue weighted by Gasteiger charge is 2.26. The normalized spacial score (nSPS) is 18.5. The van der Waals surface area contributed by atoms with Crippen molar-refractivity contribution in [3.63, 3.8) is 0 Å². The van der Waals surface area contributed by atoms with Gasteiger partial charge in [0.2, 0.25) is 0 Å². The molecule has 0 radical (unpaired) electrons. The van der Waals surface area contributed by atoms with Crippen LogP contribution in [0.4, 0.5) is 5.69 Å². The number of nitrogens with zero attached hydrogens (tertiary/aromatic N) is 4.